The Balaban J connectivity index is 2.31. The number of nitrogens with zero attached hydrogens (tertiary/aromatic N) is 1. The first-order valence-corrected chi connectivity index (χ1v) is 9.67. The monoisotopic (exact) mass is 392 g/mol. The summed E-state index contributed by atoms with van der Waals surface area (Å²) in [6.07, 6.45) is 0.472. The number of carbonyl (C=O) groups is 2. The second kappa shape index (κ2) is 10.3. The van der Waals surface area contributed by atoms with Crippen molar-refractivity contribution >= 4 is 11.8 Å². The van der Waals surface area contributed by atoms with E-state index in [4.69, 9.17) is 14.2 Å². The van der Waals surface area contributed by atoms with Crippen molar-refractivity contribution in [1.29, 1.82) is 0 Å². The van der Waals surface area contributed by atoms with E-state index < -0.39 is 0 Å². The lowest BCUT2D eigenvalue weighted by Crippen LogP contribution is -2.37. The Morgan fingerprint density at radius 1 is 1.18 bits per heavy atom. The topological polar surface area (TPSA) is 77.1 Å². The molecule has 1 saturated heterocycles. The minimum atomic E-state index is -0.353. The van der Waals surface area contributed by atoms with E-state index in [1.807, 2.05) is 32.0 Å². The fourth-order valence-electron chi connectivity index (χ4n) is 3.60. The van der Waals surface area contributed by atoms with Crippen LogP contribution < -0.4 is 14.8 Å². The number of rotatable bonds is 9. The Morgan fingerprint density at radius 3 is 2.54 bits per heavy atom. The van der Waals surface area contributed by atoms with Gasteiger partial charge in [0.1, 0.15) is 11.5 Å². The molecule has 1 fully saturated rings. The van der Waals surface area contributed by atoms with E-state index in [0.717, 1.165) is 5.56 Å². The molecule has 0 aromatic heterocycles. The molecule has 1 N–H and O–H groups in total. The molecule has 156 valence electrons. The maximum atomic E-state index is 12.9. The first kappa shape index (κ1) is 22.0. The van der Waals surface area contributed by atoms with Crippen LogP contribution in [0.15, 0.2) is 18.2 Å². The first-order valence-electron chi connectivity index (χ1n) is 9.67. The highest BCUT2D eigenvalue weighted by atomic mass is 16.5. The van der Waals surface area contributed by atoms with Crippen LogP contribution in [0.2, 0.25) is 0 Å². The fourth-order valence-corrected chi connectivity index (χ4v) is 3.60. The van der Waals surface area contributed by atoms with E-state index in [1.165, 1.54) is 0 Å². The van der Waals surface area contributed by atoms with Crippen LogP contribution >= 0.6 is 0 Å². The first-order chi connectivity index (χ1) is 13.4. The predicted molar refractivity (Wildman–Crippen MR) is 107 cm³/mol. The molecule has 28 heavy (non-hydrogen) atoms. The summed E-state index contributed by atoms with van der Waals surface area (Å²) in [4.78, 5) is 27.3. The number of hydrogen-bond acceptors (Lipinski definition) is 5. The second-order valence-electron chi connectivity index (χ2n) is 7.50. The van der Waals surface area contributed by atoms with E-state index in [2.05, 4.69) is 5.32 Å². The van der Waals surface area contributed by atoms with Gasteiger partial charge in [0.2, 0.25) is 11.8 Å². The van der Waals surface area contributed by atoms with Crippen molar-refractivity contribution in [1.82, 2.24) is 10.2 Å². The summed E-state index contributed by atoms with van der Waals surface area (Å²) in [5.41, 5.74) is 0.883. The summed E-state index contributed by atoms with van der Waals surface area (Å²) < 4.78 is 15.9. The normalized spacial score (nSPS) is 19.0. The van der Waals surface area contributed by atoms with Gasteiger partial charge in [0.25, 0.3) is 0 Å². The molecular formula is C21H32N2O5. The molecule has 0 aliphatic carbocycles. The van der Waals surface area contributed by atoms with Gasteiger partial charge in [0.15, 0.2) is 0 Å². The molecule has 1 aromatic rings. The van der Waals surface area contributed by atoms with E-state index in [-0.39, 0.29) is 29.6 Å². The lowest BCUT2D eigenvalue weighted by molar-refractivity contribution is -0.131. The molecule has 7 nitrogen and oxygen atoms in total. The SMILES string of the molecule is COCCNC(=O)C1CN(C(=O)CC(C)C)CC1c1cc(OC)ccc1OC. The van der Waals surface area contributed by atoms with Gasteiger partial charge in [-0.2, -0.15) is 0 Å². The number of amides is 2. The van der Waals surface area contributed by atoms with Crippen molar-refractivity contribution < 1.29 is 23.8 Å². The zero-order valence-electron chi connectivity index (χ0n) is 17.5. The van der Waals surface area contributed by atoms with Crippen LogP contribution in [0, 0.1) is 11.8 Å². The summed E-state index contributed by atoms with van der Waals surface area (Å²) in [7, 11) is 4.81. The van der Waals surface area contributed by atoms with Gasteiger partial charge in [0, 0.05) is 44.6 Å². The highest BCUT2D eigenvalue weighted by molar-refractivity contribution is 5.83. The highest BCUT2D eigenvalue weighted by Crippen LogP contribution is 2.39. The summed E-state index contributed by atoms with van der Waals surface area (Å²) in [5.74, 6) is 1.14. The van der Waals surface area contributed by atoms with Crippen molar-refractivity contribution in [2.75, 3.05) is 47.6 Å². The van der Waals surface area contributed by atoms with Crippen LogP contribution in [-0.4, -0.2) is 64.3 Å². The minimum Gasteiger partial charge on any atom is -0.497 e. The molecule has 0 bridgehead atoms. The Morgan fingerprint density at radius 2 is 1.93 bits per heavy atom. The minimum absolute atomic E-state index is 0.0771. The maximum Gasteiger partial charge on any atom is 0.225 e. The summed E-state index contributed by atoms with van der Waals surface area (Å²) in [6.45, 7) is 5.80. The number of ether oxygens (including phenoxy) is 3. The zero-order chi connectivity index (χ0) is 20.7. The highest BCUT2D eigenvalue weighted by Gasteiger charge is 2.41. The number of carbonyl (C=O) groups excluding carboxylic acids is 2. The van der Waals surface area contributed by atoms with Gasteiger partial charge in [-0.3, -0.25) is 9.59 Å². The molecule has 2 unspecified atom stereocenters. The third-order valence-corrected chi connectivity index (χ3v) is 5.03. The molecule has 0 spiro atoms. The van der Waals surface area contributed by atoms with Crippen LogP contribution in [-0.2, 0) is 14.3 Å². The van der Waals surface area contributed by atoms with E-state index in [0.29, 0.717) is 44.2 Å². The number of benzene rings is 1. The molecule has 1 aliphatic heterocycles. The van der Waals surface area contributed by atoms with Gasteiger partial charge in [-0.25, -0.2) is 0 Å². The molecule has 2 atom stereocenters. The van der Waals surface area contributed by atoms with Gasteiger partial charge >= 0.3 is 0 Å². The van der Waals surface area contributed by atoms with Gasteiger partial charge in [0.05, 0.1) is 26.7 Å². The Kier molecular flexibility index (Phi) is 8.11. The van der Waals surface area contributed by atoms with Crippen molar-refractivity contribution in [2.24, 2.45) is 11.8 Å². The number of hydrogen-bond donors (Lipinski definition) is 1. The molecule has 1 aliphatic rings. The second-order valence-corrected chi connectivity index (χ2v) is 7.50. The molecule has 1 heterocycles. The molecule has 0 saturated carbocycles. The van der Waals surface area contributed by atoms with Gasteiger partial charge in [-0.1, -0.05) is 13.8 Å². The predicted octanol–water partition coefficient (Wildman–Crippen LogP) is 2.05. The lowest BCUT2D eigenvalue weighted by atomic mass is 9.87. The maximum absolute atomic E-state index is 12.9. The fraction of sp³-hybridized carbons (Fsp3) is 0.619. The number of nitrogens with one attached hydrogen (secondary N) is 1. The standard InChI is InChI=1S/C21H32N2O5/c1-14(2)10-20(24)23-12-17(18(13-23)21(25)22-8-9-26-3)16-11-15(27-4)6-7-19(16)28-5/h6-7,11,14,17-18H,8-10,12-13H2,1-5H3,(H,22,25). The smallest absolute Gasteiger partial charge is 0.225 e. The molecule has 0 radical (unpaired) electrons. The van der Waals surface area contributed by atoms with Crippen LogP contribution in [0.4, 0.5) is 0 Å². The molecule has 2 rings (SSSR count). The van der Waals surface area contributed by atoms with Crippen LogP contribution in [0.3, 0.4) is 0 Å². The number of methoxy groups -OCH3 is 3. The van der Waals surface area contributed by atoms with E-state index in [9.17, 15) is 9.59 Å². The number of likely N-dealkylation sites (tertiary alicyclic amines) is 1. The molecule has 2 amide bonds. The van der Waals surface area contributed by atoms with Crippen LogP contribution in [0.25, 0.3) is 0 Å². The van der Waals surface area contributed by atoms with Crippen molar-refractivity contribution in [2.45, 2.75) is 26.2 Å². The van der Waals surface area contributed by atoms with Crippen molar-refractivity contribution in [3.8, 4) is 11.5 Å². The van der Waals surface area contributed by atoms with E-state index in [1.54, 1.807) is 26.2 Å². The van der Waals surface area contributed by atoms with Gasteiger partial charge in [-0.05, 0) is 24.1 Å². The quantitative estimate of drug-likeness (QED) is 0.651. The third-order valence-electron chi connectivity index (χ3n) is 5.03. The van der Waals surface area contributed by atoms with Crippen LogP contribution in [0.1, 0.15) is 31.7 Å². The van der Waals surface area contributed by atoms with Crippen molar-refractivity contribution in [3.05, 3.63) is 23.8 Å². The molecule has 1 aromatic carbocycles. The summed E-state index contributed by atoms with van der Waals surface area (Å²) in [5, 5.41) is 2.92. The van der Waals surface area contributed by atoms with Crippen molar-refractivity contribution in [3.63, 3.8) is 0 Å². The lowest BCUT2D eigenvalue weighted by Gasteiger charge is -2.21. The molecular weight excluding hydrogens is 360 g/mol. The largest absolute Gasteiger partial charge is 0.497 e. The summed E-state index contributed by atoms with van der Waals surface area (Å²) >= 11 is 0. The van der Waals surface area contributed by atoms with Gasteiger partial charge in [-0.15, -0.1) is 0 Å². The average Bonchev–Trinajstić information content (AvgIpc) is 3.12. The third kappa shape index (κ3) is 5.38. The van der Waals surface area contributed by atoms with Gasteiger partial charge < -0.3 is 24.4 Å². The average molecular weight is 392 g/mol. The zero-order valence-corrected chi connectivity index (χ0v) is 17.5. The molecule has 7 heteroatoms. The van der Waals surface area contributed by atoms with Crippen LogP contribution in [0.5, 0.6) is 11.5 Å². The Bertz CT molecular complexity index is 677. The Hall–Kier alpha value is -2.28. The Labute approximate surface area is 167 Å². The van der Waals surface area contributed by atoms with E-state index >= 15 is 0 Å². The summed E-state index contributed by atoms with van der Waals surface area (Å²) in [6, 6.07) is 5.56.